The van der Waals surface area contributed by atoms with Gasteiger partial charge in [0.15, 0.2) is 0 Å². The molecular formula is C22H35N3O3. The van der Waals surface area contributed by atoms with Gasteiger partial charge in [-0.2, -0.15) is 0 Å². The second-order valence-corrected chi connectivity index (χ2v) is 9.44. The highest BCUT2D eigenvalue weighted by Gasteiger charge is 2.25. The van der Waals surface area contributed by atoms with Crippen molar-refractivity contribution in [2.75, 3.05) is 38.0 Å². The van der Waals surface area contributed by atoms with E-state index in [1.165, 1.54) is 0 Å². The van der Waals surface area contributed by atoms with Crippen LogP contribution in [0.5, 0.6) is 0 Å². The van der Waals surface area contributed by atoms with E-state index < -0.39 is 5.60 Å². The quantitative estimate of drug-likeness (QED) is 0.853. The third-order valence-electron chi connectivity index (χ3n) is 4.62. The maximum absolute atomic E-state index is 12.6. The summed E-state index contributed by atoms with van der Waals surface area (Å²) in [5.41, 5.74) is 1.45. The number of nitrogens with one attached hydrogen (secondary N) is 1. The Morgan fingerprint density at radius 3 is 2.32 bits per heavy atom. The summed E-state index contributed by atoms with van der Waals surface area (Å²) < 4.78 is 5.46. The number of carbonyl (C=O) groups excluding carboxylic acids is 2. The maximum Gasteiger partial charge on any atom is 0.410 e. The Balaban J connectivity index is 1.91. The average molecular weight is 390 g/mol. The molecule has 1 aromatic carbocycles. The molecule has 1 saturated heterocycles. The first kappa shape index (κ1) is 22.2. The van der Waals surface area contributed by atoms with Crippen LogP contribution in [0.1, 0.15) is 53.5 Å². The van der Waals surface area contributed by atoms with E-state index in [2.05, 4.69) is 37.1 Å². The van der Waals surface area contributed by atoms with Gasteiger partial charge in [0.2, 0.25) is 5.91 Å². The highest BCUT2D eigenvalue weighted by molar-refractivity contribution is 5.93. The molecule has 0 aromatic heterocycles. The van der Waals surface area contributed by atoms with Gasteiger partial charge in [-0.15, -0.1) is 0 Å². The Labute approximate surface area is 169 Å². The molecule has 2 rings (SSSR count). The first-order chi connectivity index (χ1) is 13.0. The normalized spacial score (nSPS) is 16.4. The summed E-state index contributed by atoms with van der Waals surface area (Å²) in [5.74, 6) is -0.0255. The Morgan fingerprint density at radius 2 is 1.68 bits per heavy atom. The van der Waals surface area contributed by atoms with Crippen molar-refractivity contribution in [1.29, 1.82) is 0 Å². The SMILES string of the molecule is CC(C)(C)OC(=O)N1CCCN(CC(=O)Nc2ccccc2C(C)(C)C)CC1. The van der Waals surface area contributed by atoms with E-state index in [1.807, 2.05) is 39.0 Å². The minimum absolute atomic E-state index is 0.0255. The van der Waals surface area contributed by atoms with Crippen molar-refractivity contribution < 1.29 is 14.3 Å². The molecule has 2 amide bonds. The fourth-order valence-electron chi connectivity index (χ4n) is 3.28. The molecule has 0 saturated carbocycles. The molecule has 0 spiro atoms. The summed E-state index contributed by atoms with van der Waals surface area (Å²) in [4.78, 5) is 28.7. The average Bonchev–Trinajstić information content (AvgIpc) is 2.78. The number of ether oxygens (including phenoxy) is 1. The first-order valence-electron chi connectivity index (χ1n) is 10.1. The Hall–Kier alpha value is -2.08. The summed E-state index contributed by atoms with van der Waals surface area (Å²) in [7, 11) is 0. The number of rotatable bonds is 3. The molecule has 0 bridgehead atoms. The summed E-state index contributed by atoms with van der Waals surface area (Å²) in [6.45, 7) is 15.0. The highest BCUT2D eigenvalue weighted by Crippen LogP contribution is 2.29. The van der Waals surface area contributed by atoms with E-state index in [0.717, 1.165) is 24.2 Å². The van der Waals surface area contributed by atoms with Crippen molar-refractivity contribution in [3.8, 4) is 0 Å². The zero-order valence-corrected chi connectivity index (χ0v) is 18.2. The number of hydrogen-bond acceptors (Lipinski definition) is 4. The van der Waals surface area contributed by atoms with E-state index in [1.54, 1.807) is 4.90 Å². The number of nitrogens with zero attached hydrogens (tertiary/aromatic N) is 2. The van der Waals surface area contributed by atoms with Crippen LogP contribution in [0.3, 0.4) is 0 Å². The lowest BCUT2D eigenvalue weighted by Crippen LogP contribution is -2.40. The van der Waals surface area contributed by atoms with Gasteiger partial charge in [0.25, 0.3) is 0 Å². The minimum Gasteiger partial charge on any atom is -0.444 e. The van der Waals surface area contributed by atoms with Crippen LogP contribution in [0.15, 0.2) is 24.3 Å². The second-order valence-electron chi connectivity index (χ2n) is 9.44. The second kappa shape index (κ2) is 8.95. The van der Waals surface area contributed by atoms with Gasteiger partial charge in [0.1, 0.15) is 5.60 Å². The number of para-hydroxylation sites is 1. The predicted octanol–water partition coefficient (Wildman–Crippen LogP) is 3.87. The topological polar surface area (TPSA) is 61.9 Å². The first-order valence-corrected chi connectivity index (χ1v) is 10.1. The molecule has 0 radical (unpaired) electrons. The van der Waals surface area contributed by atoms with Crippen molar-refractivity contribution >= 4 is 17.7 Å². The summed E-state index contributed by atoms with van der Waals surface area (Å²) in [6, 6.07) is 7.94. The minimum atomic E-state index is -0.497. The highest BCUT2D eigenvalue weighted by atomic mass is 16.6. The number of benzene rings is 1. The van der Waals surface area contributed by atoms with Crippen molar-refractivity contribution in [2.24, 2.45) is 0 Å². The van der Waals surface area contributed by atoms with E-state index in [4.69, 9.17) is 4.74 Å². The molecule has 1 heterocycles. The zero-order valence-electron chi connectivity index (χ0n) is 18.2. The van der Waals surface area contributed by atoms with Crippen LogP contribution in [0.2, 0.25) is 0 Å². The monoisotopic (exact) mass is 389 g/mol. The molecular weight excluding hydrogens is 354 g/mol. The van der Waals surface area contributed by atoms with E-state index in [0.29, 0.717) is 26.2 Å². The number of anilines is 1. The zero-order chi connectivity index (χ0) is 20.9. The van der Waals surface area contributed by atoms with E-state index >= 15 is 0 Å². The van der Waals surface area contributed by atoms with E-state index in [-0.39, 0.29) is 17.4 Å². The van der Waals surface area contributed by atoms with Gasteiger partial charge in [0.05, 0.1) is 6.54 Å². The summed E-state index contributed by atoms with van der Waals surface area (Å²) in [6.07, 6.45) is 0.545. The van der Waals surface area contributed by atoms with Gasteiger partial charge in [-0.3, -0.25) is 9.69 Å². The molecule has 1 aliphatic rings. The molecule has 1 aliphatic heterocycles. The van der Waals surface area contributed by atoms with Crippen molar-refractivity contribution in [1.82, 2.24) is 9.80 Å². The van der Waals surface area contributed by atoms with E-state index in [9.17, 15) is 9.59 Å². The Kier molecular flexibility index (Phi) is 7.10. The van der Waals surface area contributed by atoms with Gasteiger partial charge in [0, 0.05) is 31.9 Å². The van der Waals surface area contributed by atoms with Crippen molar-refractivity contribution in [3.05, 3.63) is 29.8 Å². The van der Waals surface area contributed by atoms with Gasteiger partial charge in [-0.25, -0.2) is 4.79 Å². The molecule has 156 valence electrons. The van der Waals surface area contributed by atoms with Crippen LogP contribution in [0.4, 0.5) is 10.5 Å². The van der Waals surface area contributed by atoms with Gasteiger partial charge in [-0.05, 0) is 44.2 Å². The predicted molar refractivity (Wildman–Crippen MR) is 113 cm³/mol. The summed E-state index contributed by atoms with van der Waals surface area (Å²) in [5, 5.41) is 3.06. The maximum atomic E-state index is 12.6. The smallest absolute Gasteiger partial charge is 0.410 e. The van der Waals surface area contributed by atoms with Crippen LogP contribution in [0, 0.1) is 0 Å². The molecule has 0 atom stereocenters. The summed E-state index contributed by atoms with van der Waals surface area (Å²) >= 11 is 0. The Bertz CT molecular complexity index is 689. The van der Waals surface area contributed by atoms with Gasteiger partial charge < -0.3 is 15.0 Å². The lowest BCUT2D eigenvalue weighted by Gasteiger charge is -2.26. The standard InChI is InChI=1S/C22H35N3O3/c1-21(2,3)17-10-7-8-11-18(17)23-19(26)16-24-12-9-13-25(15-14-24)20(27)28-22(4,5)6/h7-8,10-11H,9,12-16H2,1-6H3,(H,23,26). The van der Waals surface area contributed by atoms with Crippen LogP contribution in [-0.4, -0.2) is 60.1 Å². The fraction of sp³-hybridized carbons (Fsp3) is 0.636. The largest absolute Gasteiger partial charge is 0.444 e. The number of amides is 2. The van der Waals surface area contributed by atoms with Crippen molar-refractivity contribution in [2.45, 2.75) is 59.0 Å². The molecule has 6 nitrogen and oxygen atoms in total. The van der Waals surface area contributed by atoms with Gasteiger partial charge in [-0.1, -0.05) is 39.0 Å². The van der Waals surface area contributed by atoms with Crippen LogP contribution in [-0.2, 0) is 14.9 Å². The Morgan fingerprint density at radius 1 is 1.00 bits per heavy atom. The number of hydrogen-bond donors (Lipinski definition) is 1. The van der Waals surface area contributed by atoms with Crippen LogP contribution >= 0.6 is 0 Å². The van der Waals surface area contributed by atoms with Crippen molar-refractivity contribution in [3.63, 3.8) is 0 Å². The lowest BCUT2D eigenvalue weighted by molar-refractivity contribution is -0.117. The third kappa shape index (κ3) is 6.82. The molecule has 1 N–H and O–H groups in total. The van der Waals surface area contributed by atoms with Gasteiger partial charge >= 0.3 is 6.09 Å². The fourth-order valence-corrected chi connectivity index (χ4v) is 3.28. The molecule has 0 aliphatic carbocycles. The molecule has 0 unspecified atom stereocenters. The lowest BCUT2D eigenvalue weighted by atomic mass is 9.86. The third-order valence-corrected chi connectivity index (χ3v) is 4.62. The van der Waals surface area contributed by atoms with Crippen LogP contribution in [0.25, 0.3) is 0 Å². The molecule has 1 fully saturated rings. The molecule has 6 heteroatoms. The molecule has 1 aromatic rings. The molecule has 28 heavy (non-hydrogen) atoms. The van der Waals surface area contributed by atoms with Crippen LogP contribution < -0.4 is 5.32 Å². The number of carbonyl (C=O) groups is 2.